The van der Waals surface area contributed by atoms with Gasteiger partial charge in [-0.15, -0.1) is 0 Å². The fourth-order valence-corrected chi connectivity index (χ4v) is 2.74. The van der Waals surface area contributed by atoms with Crippen molar-refractivity contribution < 1.29 is 9.90 Å². The van der Waals surface area contributed by atoms with Crippen LogP contribution in [0.1, 0.15) is 42.8 Å². The minimum atomic E-state index is -0.162. The summed E-state index contributed by atoms with van der Waals surface area (Å²) in [7, 11) is 0. The first-order chi connectivity index (χ1) is 10.0. The lowest BCUT2D eigenvalue weighted by Gasteiger charge is -2.37. The van der Waals surface area contributed by atoms with Crippen molar-refractivity contribution in [3.63, 3.8) is 0 Å². The summed E-state index contributed by atoms with van der Waals surface area (Å²) < 4.78 is 0. The number of nitrogens with one attached hydrogen (secondary N) is 1. The second-order valence-electron chi connectivity index (χ2n) is 5.61. The lowest BCUT2D eigenvalue weighted by atomic mass is 9.91. The molecule has 0 atom stereocenters. The van der Waals surface area contributed by atoms with E-state index < -0.39 is 0 Å². The molecule has 1 aliphatic rings. The molecule has 1 aromatic heterocycles. The molecule has 1 heterocycles. The van der Waals surface area contributed by atoms with Crippen molar-refractivity contribution in [2.75, 3.05) is 13.2 Å². The van der Waals surface area contributed by atoms with Gasteiger partial charge in [-0.2, -0.15) is 0 Å². The number of aromatic amines is 1. The molecule has 0 saturated heterocycles. The summed E-state index contributed by atoms with van der Waals surface area (Å²) >= 11 is 0. The Hall–Kier alpha value is -1.69. The smallest absolute Gasteiger partial charge is 0.254 e. The fourth-order valence-electron chi connectivity index (χ4n) is 2.74. The zero-order valence-corrected chi connectivity index (χ0v) is 12.7. The minimum Gasteiger partial charge on any atom is -0.395 e. The van der Waals surface area contributed by atoms with Gasteiger partial charge in [0.2, 0.25) is 5.91 Å². The number of nitrogens with zero attached hydrogens (tertiary/aromatic N) is 2. The number of hydrogen-bond acceptors (Lipinski definition) is 4. The Kier molecular flexibility index (Phi) is 5.12. The molecule has 21 heavy (non-hydrogen) atoms. The number of carbonyl (C=O) groups is 1. The maximum absolute atomic E-state index is 12.3. The molecule has 6 heteroatoms. The molecule has 0 radical (unpaired) electrons. The van der Waals surface area contributed by atoms with Crippen molar-refractivity contribution in [2.45, 2.75) is 52.0 Å². The second kappa shape index (κ2) is 6.85. The Bertz CT molecular complexity index is 564. The van der Waals surface area contributed by atoms with Gasteiger partial charge in [-0.25, -0.2) is 4.98 Å². The summed E-state index contributed by atoms with van der Waals surface area (Å²) in [5.74, 6) is 0.595. The number of hydrogen-bond donors (Lipinski definition) is 2. The predicted octanol–water partition coefficient (Wildman–Crippen LogP) is 0.693. The number of aliphatic hydroxyl groups excluding tert-OH is 1. The molecule has 1 aromatic rings. The molecule has 1 amide bonds. The molecule has 0 bridgehead atoms. The van der Waals surface area contributed by atoms with Crippen LogP contribution in [0.2, 0.25) is 0 Å². The van der Waals surface area contributed by atoms with Gasteiger partial charge >= 0.3 is 0 Å². The number of rotatable bonds is 6. The third-order valence-corrected chi connectivity index (χ3v) is 4.11. The lowest BCUT2D eigenvalue weighted by Crippen LogP contribution is -2.45. The first kappa shape index (κ1) is 15.7. The van der Waals surface area contributed by atoms with Crippen LogP contribution >= 0.6 is 0 Å². The van der Waals surface area contributed by atoms with Gasteiger partial charge < -0.3 is 15.0 Å². The molecule has 6 nitrogen and oxygen atoms in total. The van der Waals surface area contributed by atoms with Crippen LogP contribution in [0.25, 0.3) is 0 Å². The van der Waals surface area contributed by atoms with Gasteiger partial charge in [0.1, 0.15) is 5.82 Å². The molecule has 0 unspecified atom stereocenters. The maximum atomic E-state index is 12.3. The fraction of sp³-hybridized carbons (Fsp3) is 0.667. The molecule has 1 aliphatic carbocycles. The summed E-state index contributed by atoms with van der Waals surface area (Å²) in [6.07, 6.45) is 3.84. The van der Waals surface area contributed by atoms with Gasteiger partial charge in [0.25, 0.3) is 5.56 Å². The van der Waals surface area contributed by atoms with Crippen molar-refractivity contribution in [2.24, 2.45) is 0 Å². The van der Waals surface area contributed by atoms with Crippen molar-refractivity contribution in [3.8, 4) is 0 Å². The minimum absolute atomic E-state index is 0.00752. The van der Waals surface area contributed by atoms with Crippen molar-refractivity contribution in [1.82, 2.24) is 14.9 Å². The van der Waals surface area contributed by atoms with E-state index in [2.05, 4.69) is 9.97 Å². The number of H-pyrrole nitrogens is 1. The third kappa shape index (κ3) is 3.69. The summed E-state index contributed by atoms with van der Waals surface area (Å²) in [6.45, 7) is 3.89. The van der Waals surface area contributed by atoms with E-state index in [0.717, 1.165) is 19.3 Å². The Balaban J connectivity index is 2.01. The average molecular weight is 293 g/mol. The monoisotopic (exact) mass is 293 g/mol. The van der Waals surface area contributed by atoms with E-state index in [0.29, 0.717) is 30.0 Å². The average Bonchev–Trinajstić information content (AvgIpc) is 2.34. The van der Waals surface area contributed by atoms with E-state index in [4.69, 9.17) is 5.11 Å². The number of aromatic nitrogens is 2. The SMILES string of the molecule is Cc1nc(C)c(CCC(=O)N(CCO)C2CCC2)c(=O)[nH]1. The van der Waals surface area contributed by atoms with E-state index in [1.54, 1.807) is 18.7 Å². The standard InChI is InChI=1S/C15H23N3O3/c1-10-13(15(21)17-11(2)16-10)6-7-14(20)18(8-9-19)12-4-3-5-12/h12,19H,3-9H2,1-2H3,(H,16,17,21). The van der Waals surface area contributed by atoms with Crippen LogP contribution in [-0.4, -0.2) is 45.1 Å². The topological polar surface area (TPSA) is 86.3 Å². The van der Waals surface area contributed by atoms with E-state index in [9.17, 15) is 9.59 Å². The number of amides is 1. The zero-order chi connectivity index (χ0) is 15.4. The largest absolute Gasteiger partial charge is 0.395 e. The molecule has 116 valence electrons. The number of aryl methyl sites for hydroxylation is 2. The van der Waals surface area contributed by atoms with Gasteiger partial charge in [0, 0.05) is 30.3 Å². The maximum Gasteiger partial charge on any atom is 0.254 e. The van der Waals surface area contributed by atoms with E-state index >= 15 is 0 Å². The third-order valence-electron chi connectivity index (χ3n) is 4.11. The molecule has 1 saturated carbocycles. The van der Waals surface area contributed by atoms with Crippen LogP contribution in [0.15, 0.2) is 4.79 Å². The molecular weight excluding hydrogens is 270 g/mol. The Labute approximate surface area is 124 Å². The normalized spacial score (nSPS) is 14.8. The Morgan fingerprint density at radius 2 is 2.14 bits per heavy atom. The van der Waals surface area contributed by atoms with Gasteiger partial charge in [-0.05, 0) is 39.5 Å². The van der Waals surface area contributed by atoms with Crippen LogP contribution in [0.4, 0.5) is 0 Å². The Morgan fingerprint density at radius 1 is 1.43 bits per heavy atom. The van der Waals surface area contributed by atoms with E-state index in [1.165, 1.54) is 0 Å². The van der Waals surface area contributed by atoms with Crippen LogP contribution in [0, 0.1) is 13.8 Å². The van der Waals surface area contributed by atoms with Crippen LogP contribution < -0.4 is 5.56 Å². The number of aliphatic hydroxyl groups is 1. The lowest BCUT2D eigenvalue weighted by molar-refractivity contribution is -0.135. The predicted molar refractivity (Wildman–Crippen MR) is 79.1 cm³/mol. The van der Waals surface area contributed by atoms with Gasteiger partial charge in [0.05, 0.1) is 6.61 Å². The van der Waals surface area contributed by atoms with E-state index in [-0.39, 0.29) is 30.5 Å². The highest BCUT2D eigenvalue weighted by Crippen LogP contribution is 2.25. The summed E-state index contributed by atoms with van der Waals surface area (Å²) in [6, 6.07) is 0.264. The molecule has 0 spiro atoms. The van der Waals surface area contributed by atoms with Crippen LogP contribution in [0.5, 0.6) is 0 Å². The van der Waals surface area contributed by atoms with Gasteiger partial charge in [0.15, 0.2) is 0 Å². The highest BCUT2D eigenvalue weighted by atomic mass is 16.3. The second-order valence-corrected chi connectivity index (χ2v) is 5.61. The van der Waals surface area contributed by atoms with E-state index in [1.807, 2.05) is 0 Å². The molecular formula is C15H23N3O3. The molecule has 0 aliphatic heterocycles. The van der Waals surface area contributed by atoms with Crippen molar-refractivity contribution >= 4 is 5.91 Å². The van der Waals surface area contributed by atoms with Gasteiger partial charge in [-0.3, -0.25) is 9.59 Å². The van der Waals surface area contributed by atoms with Crippen molar-refractivity contribution in [3.05, 3.63) is 27.4 Å². The highest BCUT2D eigenvalue weighted by Gasteiger charge is 2.28. The quantitative estimate of drug-likeness (QED) is 0.808. The summed E-state index contributed by atoms with van der Waals surface area (Å²) in [5, 5.41) is 9.10. The summed E-state index contributed by atoms with van der Waals surface area (Å²) in [5.41, 5.74) is 1.10. The Morgan fingerprint density at radius 3 is 2.67 bits per heavy atom. The highest BCUT2D eigenvalue weighted by molar-refractivity contribution is 5.77. The first-order valence-corrected chi connectivity index (χ1v) is 7.49. The molecule has 2 N–H and O–H groups in total. The molecule has 2 rings (SSSR count). The van der Waals surface area contributed by atoms with Crippen LogP contribution in [0.3, 0.4) is 0 Å². The number of carbonyl (C=O) groups excluding carboxylic acids is 1. The zero-order valence-electron chi connectivity index (χ0n) is 12.7. The van der Waals surface area contributed by atoms with Gasteiger partial charge in [-0.1, -0.05) is 0 Å². The van der Waals surface area contributed by atoms with Crippen LogP contribution in [-0.2, 0) is 11.2 Å². The van der Waals surface area contributed by atoms with Crippen molar-refractivity contribution in [1.29, 1.82) is 0 Å². The summed E-state index contributed by atoms with van der Waals surface area (Å²) in [4.78, 5) is 32.9. The first-order valence-electron chi connectivity index (χ1n) is 7.49. The molecule has 0 aromatic carbocycles. The molecule has 1 fully saturated rings.